The van der Waals surface area contributed by atoms with Gasteiger partial charge in [0.05, 0.1) is 4.47 Å². The number of halogens is 1. The number of hydrogen-bond acceptors (Lipinski definition) is 4. The van der Waals surface area contributed by atoms with Gasteiger partial charge in [-0.25, -0.2) is 0 Å². The zero-order valence-corrected chi connectivity index (χ0v) is 15.2. The molecule has 21 heavy (non-hydrogen) atoms. The fourth-order valence-electron chi connectivity index (χ4n) is 1.67. The van der Waals surface area contributed by atoms with Gasteiger partial charge in [-0.05, 0) is 68.5 Å². The summed E-state index contributed by atoms with van der Waals surface area (Å²) >= 11 is 3.46. The van der Waals surface area contributed by atoms with Crippen LogP contribution in [0.5, 0.6) is 5.75 Å². The van der Waals surface area contributed by atoms with Crippen molar-refractivity contribution in [2.45, 2.75) is 32.4 Å². The lowest BCUT2D eigenvalue weighted by molar-refractivity contribution is 0.0998. The third-order valence-electron chi connectivity index (χ3n) is 3.67. The van der Waals surface area contributed by atoms with Gasteiger partial charge in [0.1, 0.15) is 18.5 Å². The smallest absolute Gasteiger partial charge is 0.133 e. The number of aliphatic hydroxyl groups is 1. The lowest BCUT2D eigenvalue weighted by Crippen LogP contribution is -2.48. The largest absolute Gasteiger partial charge is 0.490 e. The normalized spacial score (nSPS) is 13.5. The molecule has 0 saturated carbocycles. The number of rotatable bonds is 8. The van der Waals surface area contributed by atoms with E-state index in [1.807, 2.05) is 25.1 Å². The molecule has 0 bridgehead atoms. The molecule has 0 radical (unpaired) electrons. The second-order valence-corrected chi connectivity index (χ2v) is 7.09. The summed E-state index contributed by atoms with van der Waals surface area (Å²) in [5.74, 6) is 0.758. The first-order valence-corrected chi connectivity index (χ1v) is 7.97. The number of likely N-dealkylation sites (N-methyl/N-ethyl adjacent to an activating group) is 1. The summed E-state index contributed by atoms with van der Waals surface area (Å²) < 4.78 is 6.55. The third-order valence-corrected chi connectivity index (χ3v) is 4.29. The topological polar surface area (TPSA) is 44.7 Å². The molecule has 0 heterocycles. The van der Waals surface area contributed by atoms with E-state index in [4.69, 9.17) is 4.74 Å². The zero-order valence-electron chi connectivity index (χ0n) is 13.6. The lowest BCUT2D eigenvalue weighted by Gasteiger charge is -2.33. The maximum atomic E-state index is 9.98. The standard InChI is InChI=1S/C16H27BrN2O2/c1-12-6-7-15(14(17)8-12)21-10-13(20)9-18-11-16(2,3)19(4)5/h6-8,13,18,20H,9-11H2,1-5H3. The number of nitrogens with one attached hydrogen (secondary N) is 1. The summed E-state index contributed by atoms with van der Waals surface area (Å²) in [6.07, 6.45) is -0.531. The molecule has 5 heteroatoms. The summed E-state index contributed by atoms with van der Waals surface area (Å²) in [6.45, 7) is 7.95. The van der Waals surface area contributed by atoms with Crippen LogP contribution in [0, 0.1) is 6.92 Å². The highest BCUT2D eigenvalue weighted by Crippen LogP contribution is 2.25. The van der Waals surface area contributed by atoms with Crippen molar-refractivity contribution in [3.63, 3.8) is 0 Å². The monoisotopic (exact) mass is 358 g/mol. The van der Waals surface area contributed by atoms with Gasteiger partial charge in [-0.3, -0.25) is 0 Å². The maximum absolute atomic E-state index is 9.98. The predicted molar refractivity (Wildman–Crippen MR) is 91.0 cm³/mol. The van der Waals surface area contributed by atoms with E-state index in [1.165, 1.54) is 5.56 Å². The molecule has 0 spiro atoms. The number of aryl methyl sites for hydroxylation is 1. The van der Waals surface area contributed by atoms with Gasteiger partial charge in [0.15, 0.2) is 0 Å². The van der Waals surface area contributed by atoms with Crippen molar-refractivity contribution >= 4 is 15.9 Å². The molecule has 4 nitrogen and oxygen atoms in total. The van der Waals surface area contributed by atoms with Crippen LogP contribution < -0.4 is 10.1 Å². The van der Waals surface area contributed by atoms with Crippen LogP contribution in [0.25, 0.3) is 0 Å². The highest BCUT2D eigenvalue weighted by molar-refractivity contribution is 9.10. The molecule has 0 aliphatic rings. The minimum Gasteiger partial charge on any atom is -0.490 e. The van der Waals surface area contributed by atoms with Crippen molar-refractivity contribution in [3.05, 3.63) is 28.2 Å². The Kier molecular flexibility index (Phi) is 7.13. The maximum Gasteiger partial charge on any atom is 0.133 e. The van der Waals surface area contributed by atoms with Gasteiger partial charge in [-0.2, -0.15) is 0 Å². The van der Waals surface area contributed by atoms with Gasteiger partial charge in [0, 0.05) is 18.6 Å². The van der Waals surface area contributed by atoms with E-state index in [0.29, 0.717) is 6.54 Å². The van der Waals surface area contributed by atoms with Gasteiger partial charge in [-0.15, -0.1) is 0 Å². The van der Waals surface area contributed by atoms with Crippen LogP contribution in [0.15, 0.2) is 22.7 Å². The van der Waals surface area contributed by atoms with Gasteiger partial charge in [-0.1, -0.05) is 6.07 Å². The Morgan fingerprint density at radius 3 is 2.62 bits per heavy atom. The molecule has 1 rings (SSSR count). The van der Waals surface area contributed by atoms with Crippen LogP contribution in [0.1, 0.15) is 19.4 Å². The SMILES string of the molecule is Cc1ccc(OCC(O)CNCC(C)(C)N(C)C)c(Br)c1. The molecular formula is C16H27BrN2O2. The number of nitrogens with zero attached hydrogens (tertiary/aromatic N) is 1. The second-order valence-electron chi connectivity index (χ2n) is 6.24. The fourth-order valence-corrected chi connectivity index (χ4v) is 2.28. The first-order valence-electron chi connectivity index (χ1n) is 7.17. The van der Waals surface area contributed by atoms with Crippen LogP contribution in [0.3, 0.4) is 0 Å². The Hall–Kier alpha value is -0.620. The lowest BCUT2D eigenvalue weighted by atomic mass is 10.0. The average molecular weight is 359 g/mol. The number of aliphatic hydroxyl groups excluding tert-OH is 1. The van der Waals surface area contributed by atoms with E-state index < -0.39 is 6.10 Å². The van der Waals surface area contributed by atoms with Crippen molar-refractivity contribution in [3.8, 4) is 5.75 Å². The van der Waals surface area contributed by atoms with Gasteiger partial charge >= 0.3 is 0 Å². The van der Waals surface area contributed by atoms with E-state index in [-0.39, 0.29) is 12.1 Å². The number of hydrogen-bond donors (Lipinski definition) is 2. The molecule has 0 amide bonds. The quantitative estimate of drug-likeness (QED) is 0.748. The van der Waals surface area contributed by atoms with Crippen molar-refractivity contribution in [1.82, 2.24) is 10.2 Å². The summed E-state index contributed by atoms with van der Waals surface area (Å²) in [6, 6.07) is 5.90. The molecule has 0 aromatic heterocycles. The Morgan fingerprint density at radius 1 is 1.38 bits per heavy atom. The van der Waals surface area contributed by atoms with Crippen LogP contribution >= 0.6 is 15.9 Å². The van der Waals surface area contributed by atoms with Crippen molar-refractivity contribution in [2.75, 3.05) is 33.8 Å². The molecular weight excluding hydrogens is 332 g/mol. The number of ether oxygens (including phenoxy) is 1. The molecule has 1 atom stereocenters. The van der Waals surface area contributed by atoms with E-state index >= 15 is 0 Å². The molecule has 0 saturated heterocycles. The Balaban J connectivity index is 2.33. The molecule has 1 unspecified atom stereocenters. The molecule has 1 aromatic rings. The average Bonchev–Trinajstić information content (AvgIpc) is 2.37. The first-order chi connectivity index (χ1) is 9.72. The number of benzene rings is 1. The summed E-state index contributed by atoms with van der Waals surface area (Å²) in [5, 5.41) is 13.3. The van der Waals surface area contributed by atoms with E-state index in [1.54, 1.807) is 0 Å². The molecule has 120 valence electrons. The van der Waals surface area contributed by atoms with Crippen LogP contribution in [0.2, 0.25) is 0 Å². The first kappa shape index (κ1) is 18.4. The van der Waals surface area contributed by atoms with E-state index in [0.717, 1.165) is 16.8 Å². The molecule has 0 aliphatic heterocycles. The van der Waals surface area contributed by atoms with Crippen molar-refractivity contribution in [1.29, 1.82) is 0 Å². The molecule has 1 aromatic carbocycles. The van der Waals surface area contributed by atoms with Gasteiger partial charge in [0.2, 0.25) is 0 Å². The molecule has 2 N–H and O–H groups in total. The Labute approximate surface area is 136 Å². The molecule has 0 fully saturated rings. The minimum absolute atomic E-state index is 0.0561. The van der Waals surface area contributed by atoms with Crippen LogP contribution in [0.4, 0.5) is 0 Å². The highest BCUT2D eigenvalue weighted by Gasteiger charge is 2.20. The minimum atomic E-state index is -0.531. The summed E-state index contributed by atoms with van der Waals surface area (Å²) in [5.41, 5.74) is 1.22. The Bertz CT molecular complexity index is 450. The molecule has 0 aliphatic carbocycles. The predicted octanol–water partition coefficient (Wildman–Crippen LogP) is 2.43. The van der Waals surface area contributed by atoms with E-state index in [2.05, 4.69) is 54.1 Å². The zero-order chi connectivity index (χ0) is 16.0. The van der Waals surface area contributed by atoms with Crippen LogP contribution in [-0.4, -0.2) is 55.4 Å². The fraction of sp³-hybridized carbons (Fsp3) is 0.625. The van der Waals surface area contributed by atoms with Gasteiger partial charge < -0.3 is 20.1 Å². The van der Waals surface area contributed by atoms with E-state index in [9.17, 15) is 5.11 Å². The summed E-state index contributed by atoms with van der Waals surface area (Å²) in [7, 11) is 4.10. The third kappa shape index (κ3) is 6.34. The van der Waals surface area contributed by atoms with Crippen molar-refractivity contribution in [2.24, 2.45) is 0 Å². The van der Waals surface area contributed by atoms with Gasteiger partial charge in [0.25, 0.3) is 0 Å². The summed E-state index contributed by atoms with van der Waals surface area (Å²) in [4.78, 5) is 2.16. The van der Waals surface area contributed by atoms with Crippen molar-refractivity contribution < 1.29 is 9.84 Å². The second kappa shape index (κ2) is 8.13. The van der Waals surface area contributed by atoms with Crippen LogP contribution in [-0.2, 0) is 0 Å². The highest BCUT2D eigenvalue weighted by atomic mass is 79.9. The Morgan fingerprint density at radius 2 is 2.05 bits per heavy atom.